The molecule has 0 atom stereocenters. The normalized spacial score (nSPS) is 13.0. The highest BCUT2D eigenvalue weighted by molar-refractivity contribution is 6.33. The summed E-state index contributed by atoms with van der Waals surface area (Å²) in [5.74, 6) is 1.15. The van der Waals surface area contributed by atoms with Crippen molar-refractivity contribution in [3.05, 3.63) is 77.1 Å². The molecule has 0 radical (unpaired) electrons. The minimum Gasteiger partial charge on any atom is -0.464 e. The zero-order valence-corrected chi connectivity index (χ0v) is 19.2. The summed E-state index contributed by atoms with van der Waals surface area (Å²) in [6.07, 6.45) is 2.14. The number of rotatable bonds is 4. The number of carbonyl (C=O) groups excluding carboxylic acids is 1. The third kappa shape index (κ3) is 4.22. The Hall–Kier alpha value is -3.64. The lowest BCUT2D eigenvalue weighted by Gasteiger charge is -2.26. The highest BCUT2D eigenvalue weighted by Crippen LogP contribution is 2.36. The molecular weight excluding hydrogens is 438 g/mol. The Kier molecular flexibility index (Phi) is 5.17. The second-order valence-electron chi connectivity index (χ2n) is 8.57. The van der Waals surface area contributed by atoms with E-state index >= 15 is 0 Å². The van der Waals surface area contributed by atoms with Crippen molar-refractivity contribution in [2.75, 3.05) is 0 Å². The number of halogens is 1. The van der Waals surface area contributed by atoms with Crippen molar-refractivity contribution in [2.45, 2.75) is 32.7 Å². The second kappa shape index (κ2) is 8.05. The van der Waals surface area contributed by atoms with Gasteiger partial charge < -0.3 is 14.5 Å². The van der Waals surface area contributed by atoms with Crippen molar-refractivity contribution in [2.24, 2.45) is 4.99 Å². The number of pyridine rings is 1. The average molecular weight is 460 g/mol. The maximum absolute atomic E-state index is 11.5. The van der Waals surface area contributed by atoms with Gasteiger partial charge in [0.25, 0.3) is 0 Å². The summed E-state index contributed by atoms with van der Waals surface area (Å²) in [7, 11) is 0. The number of benzene rings is 2. The van der Waals surface area contributed by atoms with Crippen LogP contribution in [0.4, 0.5) is 5.69 Å². The molecule has 7 heteroatoms. The largest absolute Gasteiger partial charge is 0.464 e. The van der Waals surface area contributed by atoms with Crippen molar-refractivity contribution in [1.29, 1.82) is 0 Å². The number of fused-ring (bicyclic) bond motifs is 2. The Labute approximate surface area is 196 Å². The Balaban J connectivity index is 1.34. The van der Waals surface area contributed by atoms with Crippen molar-refractivity contribution in [3.8, 4) is 17.0 Å². The smallest absolute Gasteiger partial charge is 0.217 e. The Bertz CT molecular complexity index is 1400. The standard InChI is InChI=1S/C26H22ClN3O3/c1-15(31)30-26(2,3)18-5-7-19(8-6-18)33-24-14-22-21(28-24)13-20(27)25(29-22)17-4-9-23-16(12-17)10-11-32-23/h4-13H,14H2,1-3H3,(H,30,31). The number of amides is 1. The molecule has 1 amide bonds. The lowest BCUT2D eigenvalue weighted by Crippen LogP contribution is -2.39. The van der Waals surface area contributed by atoms with Gasteiger partial charge in [0.15, 0.2) is 0 Å². The first-order chi connectivity index (χ1) is 15.8. The van der Waals surface area contributed by atoms with Crippen LogP contribution in [0.15, 0.2) is 70.3 Å². The van der Waals surface area contributed by atoms with Gasteiger partial charge in [-0.25, -0.2) is 9.98 Å². The third-order valence-corrected chi connectivity index (χ3v) is 5.91. The molecule has 4 aromatic rings. The Morgan fingerprint density at radius 3 is 2.67 bits per heavy atom. The fourth-order valence-corrected chi connectivity index (χ4v) is 4.28. The van der Waals surface area contributed by atoms with Gasteiger partial charge in [-0.3, -0.25) is 4.79 Å². The Morgan fingerprint density at radius 2 is 1.91 bits per heavy atom. The quantitative estimate of drug-likeness (QED) is 0.395. The first-order valence-electron chi connectivity index (χ1n) is 10.6. The molecule has 0 saturated carbocycles. The van der Waals surface area contributed by atoms with Crippen LogP contribution in [0.25, 0.3) is 22.2 Å². The summed E-state index contributed by atoms with van der Waals surface area (Å²) < 4.78 is 11.4. The molecule has 1 aliphatic heterocycles. The molecule has 2 aromatic carbocycles. The number of nitrogens with zero attached hydrogens (tertiary/aromatic N) is 2. The molecule has 6 nitrogen and oxygen atoms in total. The molecule has 0 unspecified atom stereocenters. The van der Waals surface area contributed by atoms with Crippen LogP contribution in [0, 0.1) is 0 Å². The summed E-state index contributed by atoms with van der Waals surface area (Å²) >= 11 is 6.55. The van der Waals surface area contributed by atoms with Gasteiger partial charge in [0, 0.05) is 17.9 Å². The molecule has 33 heavy (non-hydrogen) atoms. The van der Waals surface area contributed by atoms with Gasteiger partial charge >= 0.3 is 0 Å². The number of hydrogen-bond acceptors (Lipinski definition) is 5. The maximum atomic E-state index is 11.5. The minimum absolute atomic E-state index is 0.0754. The van der Waals surface area contributed by atoms with Crippen molar-refractivity contribution < 1.29 is 13.9 Å². The fourth-order valence-electron chi connectivity index (χ4n) is 4.02. The second-order valence-corrected chi connectivity index (χ2v) is 8.98. The number of nitrogens with one attached hydrogen (secondary N) is 1. The predicted octanol–water partition coefficient (Wildman–Crippen LogP) is 6.18. The van der Waals surface area contributed by atoms with E-state index in [0.29, 0.717) is 34.5 Å². The highest BCUT2D eigenvalue weighted by Gasteiger charge is 2.23. The average Bonchev–Trinajstić information content (AvgIpc) is 3.38. The summed E-state index contributed by atoms with van der Waals surface area (Å²) in [4.78, 5) is 20.8. The van der Waals surface area contributed by atoms with Crippen LogP contribution in [0.5, 0.6) is 5.75 Å². The molecule has 166 valence electrons. The van der Waals surface area contributed by atoms with Crippen LogP contribution in [0.2, 0.25) is 5.02 Å². The van der Waals surface area contributed by atoms with Gasteiger partial charge in [-0.15, -0.1) is 0 Å². The van der Waals surface area contributed by atoms with E-state index in [1.165, 1.54) is 6.92 Å². The molecular formula is C26H22ClN3O3. The van der Waals surface area contributed by atoms with Gasteiger partial charge in [-0.05, 0) is 61.9 Å². The van der Waals surface area contributed by atoms with E-state index in [2.05, 4.69) is 10.3 Å². The van der Waals surface area contributed by atoms with E-state index in [0.717, 1.165) is 27.8 Å². The fraction of sp³-hybridized carbons (Fsp3) is 0.192. The molecule has 0 saturated heterocycles. The van der Waals surface area contributed by atoms with Gasteiger partial charge in [-0.1, -0.05) is 23.7 Å². The number of aromatic nitrogens is 1. The third-order valence-electron chi connectivity index (χ3n) is 5.62. The number of aliphatic imine (C=N–C) groups is 1. The topological polar surface area (TPSA) is 76.7 Å². The van der Waals surface area contributed by atoms with Crippen LogP contribution in [-0.2, 0) is 16.8 Å². The number of hydrogen-bond donors (Lipinski definition) is 1. The van der Waals surface area contributed by atoms with Crippen LogP contribution in [-0.4, -0.2) is 16.8 Å². The zero-order chi connectivity index (χ0) is 23.2. The highest BCUT2D eigenvalue weighted by atomic mass is 35.5. The summed E-state index contributed by atoms with van der Waals surface area (Å²) in [5, 5.41) is 4.47. The first-order valence-corrected chi connectivity index (χ1v) is 11.0. The molecule has 5 rings (SSSR count). The lowest BCUT2D eigenvalue weighted by molar-refractivity contribution is -0.120. The maximum Gasteiger partial charge on any atom is 0.217 e. The van der Waals surface area contributed by atoms with Crippen molar-refractivity contribution >= 4 is 40.1 Å². The van der Waals surface area contributed by atoms with Crippen LogP contribution in [0.3, 0.4) is 0 Å². The van der Waals surface area contributed by atoms with E-state index in [4.69, 9.17) is 25.7 Å². The van der Waals surface area contributed by atoms with E-state index in [-0.39, 0.29) is 5.91 Å². The molecule has 0 aliphatic carbocycles. The summed E-state index contributed by atoms with van der Waals surface area (Å²) in [5.41, 5.74) is 4.49. The molecule has 0 fully saturated rings. The van der Waals surface area contributed by atoms with Gasteiger partial charge in [0.05, 0.1) is 40.3 Å². The van der Waals surface area contributed by atoms with Crippen molar-refractivity contribution in [3.63, 3.8) is 0 Å². The van der Waals surface area contributed by atoms with Crippen LogP contribution >= 0.6 is 11.6 Å². The molecule has 1 aliphatic rings. The summed E-state index contributed by atoms with van der Waals surface area (Å²) in [6, 6.07) is 17.2. The molecule has 2 aromatic heterocycles. The number of furan rings is 1. The predicted molar refractivity (Wildman–Crippen MR) is 129 cm³/mol. The number of ether oxygens (including phenoxy) is 1. The summed E-state index contributed by atoms with van der Waals surface area (Å²) in [6.45, 7) is 5.43. The zero-order valence-electron chi connectivity index (χ0n) is 18.5. The van der Waals surface area contributed by atoms with Gasteiger partial charge in [-0.2, -0.15) is 0 Å². The Morgan fingerprint density at radius 1 is 1.12 bits per heavy atom. The molecule has 1 N–H and O–H groups in total. The van der Waals surface area contributed by atoms with Crippen molar-refractivity contribution in [1.82, 2.24) is 10.3 Å². The van der Waals surface area contributed by atoms with E-state index in [9.17, 15) is 4.79 Å². The SMILES string of the molecule is CC(=O)NC(C)(C)c1ccc(OC2=Nc3cc(Cl)c(-c4ccc5occc5c4)nc3C2)cc1. The van der Waals surface area contributed by atoms with Crippen LogP contribution < -0.4 is 10.1 Å². The van der Waals surface area contributed by atoms with Gasteiger partial charge in [0.2, 0.25) is 11.8 Å². The van der Waals surface area contributed by atoms with E-state index in [1.807, 2.05) is 68.4 Å². The molecule has 0 bridgehead atoms. The monoisotopic (exact) mass is 459 g/mol. The lowest BCUT2D eigenvalue weighted by atomic mass is 9.94. The molecule has 3 heterocycles. The molecule has 0 spiro atoms. The van der Waals surface area contributed by atoms with Crippen LogP contribution in [0.1, 0.15) is 32.0 Å². The number of carbonyl (C=O) groups is 1. The first kappa shape index (κ1) is 21.2. The van der Waals surface area contributed by atoms with E-state index in [1.54, 1.807) is 6.26 Å². The van der Waals surface area contributed by atoms with E-state index < -0.39 is 5.54 Å². The minimum atomic E-state index is -0.470. The van der Waals surface area contributed by atoms with Gasteiger partial charge in [0.1, 0.15) is 11.3 Å².